The molecule has 0 spiro atoms. The zero-order valence-corrected chi connectivity index (χ0v) is 12.7. The Hall–Kier alpha value is -1.54. The third-order valence-corrected chi connectivity index (χ3v) is 4.17. The van der Waals surface area contributed by atoms with Crippen molar-refractivity contribution >= 4 is 23.0 Å². The normalized spacial score (nSPS) is 17.9. The Labute approximate surface area is 125 Å². The molecule has 104 valence electrons. The number of aryl methyl sites for hydroxylation is 1. The average molecular weight is 287 g/mol. The number of nitrogens with zero attached hydrogens (tertiary/aromatic N) is 2. The number of rotatable bonds is 2. The van der Waals surface area contributed by atoms with Crippen molar-refractivity contribution in [1.82, 2.24) is 4.98 Å². The van der Waals surface area contributed by atoms with Crippen LogP contribution in [0.2, 0.25) is 0 Å². The van der Waals surface area contributed by atoms with Crippen molar-refractivity contribution < 1.29 is 0 Å². The van der Waals surface area contributed by atoms with Crippen LogP contribution in [-0.4, -0.2) is 11.5 Å². The third-order valence-electron chi connectivity index (χ3n) is 3.88. The predicted octanol–water partition coefficient (Wildman–Crippen LogP) is 4.46. The molecule has 2 aromatic rings. The van der Waals surface area contributed by atoms with Gasteiger partial charge in [-0.2, -0.15) is 0 Å². The summed E-state index contributed by atoms with van der Waals surface area (Å²) < 4.78 is 0. The minimum Gasteiger partial charge on any atom is -0.341 e. The maximum Gasteiger partial charge on any atom is 0.0510 e. The number of benzene rings is 1. The number of hydrogen-bond donors (Lipinski definition) is 0. The Bertz CT molecular complexity index is 624. The second-order valence-electron chi connectivity index (χ2n) is 5.64. The monoisotopic (exact) mass is 286 g/mol. The first-order valence-electron chi connectivity index (χ1n) is 7.06. The lowest BCUT2D eigenvalue weighted by atomic mass is 9.93. The van der Waals surface area contributed by atoms with Gasteiger partial charge in [-0.15, -0.1) is 11.6 Å². The second-order valence-corrected chi connectivity index (χ2v) is 5.90. The highest BCUT2D eigenvalue weighted by Gasteiger charge is 2.24. The molecule has 3 rings (SSSR count). The SMILES string of the molecule is Cc1cc(N2CC(C)Cc3ccccc32)c(CCl)cn1. The first-order valence-corrected chi connectivity index (χ1v) is 7.59. The molecule has 0 saturated carbocycles. The number of halogens is 1. The molecular weight excluding hydrogens is 268 g/mol. The molecule has 2 nitrogen and oxygen atoms in total. The van der Waals surface area contributed by atoms with Crippen LogP contribution in [0.3, 0.4) is 0 Å². The zero-order valence-electron chi connectivity index (χ0n) is 11.9. The van der Waals surface area contributed by atoms with Crippen molar-refractivity contribution in [3.8, 4) is 0 Å². The molecule has 1 aliphatic rings. The van der Waals surface area contributed by atoms with Gasteiger partial charge in [0.05, 0.1) is 5.88 Å². The van der Waals surface area contributed by atoms with Crippen LogP contribution in [0.15, 0.2) is 36.5 Å². The fourth-order valence-corrected chi connectivity index (χ4v) is 3.16. The molecule has 0 aliphatic carbocycles. The van der Waals surface area contributed by atoms with Crippen LogP contribution in [0.1, 0.15) is 23.7 Å². The molecule has 20 heavy (non-hydrogen) atoms. The zero-order chi connectivity index (χ0) is 14.1. The molecule has 0 saturated heterocycles. The van der Waals surface area contributed by atoms with Gasteiger partial charge in [0.2, 0.25) is 0 Å². The summed E-state index contributed by atoms with van der Waals surface area (Å²) in [7, 11) is 0. The Morgan fingerprint density at radius 3 is 2.90 bits per heavy atom. The number of pyridine rings is 1. The summed E-state index contributed by atoms with van der Waals surface area (Å²) in [6, 6.07) is 10.8. The topological polar surface area (TPSA) is 16.1 Å². The molecule has 2 heterocycles. The number of para-hydroxylation sites is 1. The molecule has 1 aromatic heterocycles. The molecule has 0 radical (unpaired) electrons. The van der Waals surface area contributed by atoms with E-state index in [0.717, 1.165) is 24.2 Å². The van der Waals surface area contributed by atoms with E-state index in [2.05, 4.69) is 47.1 Å². The summed E-state index contributed by atoms with van der Waals surface area (Å²) in [6.45, 7) is 5.36. The Morgan fingerprint density at radius 2 is 2.10 bits per heavy atom. The Balaban J connectivity index is 2.13. The predicted molar refractivity (Wildman–Crippen MR) is 84.8 cm³/mol. The largest absolute Gasteiger partial charge is 0.341 e. The summed E-state index contributed by atoms with van der Waals surface area (Å²) in [5, 5.41) is 0. The van der Waals surface area contributed by atoms with E-state index < -0.39 is 0 Å². The van der Waals surface area contributed by atoms with E-state index in [-0.39, 0.29) is 0 Å². The smallest absolute Gasteiger partial charge is 0.0510 e. The standard InChI is InChI=1S/C17H19ClN2/c1-12-7-14-5-3-4-6-16(14)20(11-12)17-8-13(2)19-10-15(17)9-18/h3-6,8,10,12H,7,9,11H2,1-2H3. The van der Waals surface area contributed by atoms with Gasteiger partial charge in [0.25, 0.3) is 0 Å². The van der Waals surface area contributed by atoms with Gasteiger partial charge in [0.15, 0.2) is 0 Å². The summed E-state index contributed by atoms with van der Waals surface area (Å²) >= 11 is 6.10. The molecular formula is C17H19ClN2. The van der Waals surface area contributed by atoms with E-state index >= 15 is 0 Å². The average Bonchev–Trinajstić information content (AvgIpc) is 2.46. The molecule has 0 amide bonds. The fraction of sp³-hybridized carbons (Fsp3) is 0.353. The molecule has 1 atom stereocenters. The van der Waals surface area contributed by atoms with Gasteiger partial charge in [-0.1, -0.05) is 25.1 Å². The molecule has 3 heteroatoms. The molecule has 1 aromatic carbocycles. The summed E-state index contributed by atoms with van der Waals surface area (Å²) in [6.07, 6.45) is 3.05. The number of aromatic nitrogens is 1. The second kappa shape index (κ2) is 5.45. The van der Waals surface area contributed by atoms with E-state index in [1.165, 1.54) is 16.9 Å². The number of fused-ring (bicyclic) bond motifs is 1. The highest BCUT2D eigenvalue weighted by molar-refractivity contribution is 6.17. The van der Waals surface area contributed by atoms with Crippen LogP contribution < -0.4 is 4.90 Å². The first kappa shape index (κ1) is 13.4. The van der Waals surface area contributed by atoms with Crippen molar-refractivity contribution in [2.75, 3.05) is 11.4 Å². The van der Waals surface area contributed by atoms with Crippen LogP contribution >= 0.6 is 11.6 Å². The van der Waals surface area contributed by atoms with Crippen LogP contribution in [0.4, 0.5) is 11.4 Å². The third kappa shape index (κ3) is 2.40. The molecule has 0 fully saturated rings. The quantitative estimate of drug-likeness (QED) is 0.758. The molecule has 1 aliphatic heterocycles. The van der Waals surface area contributed by atoms with E-state index in [4.69, 9.17) is 11.6 Å². The number of hydrogen-bond acceptors (Lipinski definition) is 2. The number of anilines is 2. The molecule has 0 bridgehead atoms. The van der Waals surface area contributed by atoms with Crippen molar-refractivity contribution in [3.05, 3.63) is 53.3 Å². The highest BCUT2D eigenvalue weighted by atomic mass is 35.5. The van der Waals surface area contributed by atoms with Crippen molar-refractivity contribution in [2.24, 2.45) is 5.92 Å². The maximum absolute atomic E-state index is 6.10. The van der Waals surface area contributed by atoms with Gasteiger partial charge < -0.3 is 4.90 Å². The lowest BCUT2D eigenvalue weighted by Gasteiger charge is -2.36. The van der Waals surface area contributed by atoms with Crippen LogP contribution in [0.5, 0.6) is 0 Å². The van der Waals surface area contributed by atoms with Gasteiger partial charge in [0.1, 0.15) is 0 Å². The minimum absolute atomic E-state index is 0.496. The van der Waals surface area contributed by atoms with E-state index in [1.54, 1.807) is 0 Å². The minimum atomic E-state index is 0.496. The van der Waals surface area contributed by atoms with Gasteiger partial charge >= 0.3 is 0 Å². The lowest BCUT2D eigenvalue weighted by Crippen LogP contribution is -2.31. The summed E-state index contributed by atoms with van der Waals surface area (Å²) in [4.78, 5) is 6.77. The van der Waals surface area contributed by atoms with Crippen LogP contribution in [0, 0.1) is 12.8 Å². The van der Waals surface area contributed by atoms with Gasteiger partial charge in [-0.05, 0) is 37.0 Å². The van der Waals surface area contributed by atoms with E-state index in [1.807, 2.05) is 13.1 Å². The van der Waals surface area contributed by atoms with E-state index in [9.17, 15) is 0 Å². The molecule has 0 N–H and O–H groups in total. The molecule has 1 unspecified atom stereocenters. The lowest BCUT2D eigenvalue weighted by molar-refractivity contribution is 0.562. The van der Waals surface area contributed by atoms with Crippen LogP contribution in [-0.2, 0) is 12.3 Å². The summed E-state index contributed by atoms with van der Waals surface area (Å²) in [5.41, 5.74) is 6.06. The van der Waals surface area contributed by atoms with Gasteiger partial charge in [0, 0.05) is 35.4 Å². The number of alkyl halides is 1. The van der Waals surface area contributed by atoms with Crippen molar-refractivity contribution in [2.45, 2.75) is 26.1 Å². The van der Waals surface area contributed by atoms with Crippen molar-refractivity contribution in [1.29, 1.82) is 0 Å². The first-order chi connectivity index (χ1) is 9.69. The maximum atomic E-state index is 6.10. The van der Waals surface area contributed by atoms with E-state index in [0.29, 0.717) is 11.8 Å². The summed E-state index contributed by atoms with van der Waals surface area (Å²) in [5.74, 6) is 1.14. The van der Waals surface area contributed by atoms with Crippen molar-refractivity contribution in [3.63, 3.8) is 0 Å². The Morgan fingerprint density at radius 1 is 1.30 bits per heavy atom. The Kier molecular flexibility index (Phi) is 3.66. The fourth-order valence-electron chi connectivity index (χ4n) is 2.95. The van der Waals surface area contributed by atoms with Crippen LogP contribution in [0.25, 0.3) is 0 Å². The van der Waals surface area contributed by atoms with Gasteiger partial charge in [-0.3, -0.25) is 4.98 Å². The highest BCUT2D eigenvalue weighted by Crippen LogP contribution is 2.37. The van der Waals surface area contributed by atoms with Gasteiger partial charge in [-0.25, -0.2) is 0 Å².